The first-order valence-electron chi connectivity index (χ1n) is 4.53. The summed E-state index contributed by atoms with van der Waals surface area (Å²) in [7, 11) is 0. The molecule has 18 heavy (non-hydrogen) atoms. The van der Waals surface area contributed by atoms with Crippen molar-refractivity contribution in [2.45, 2.75) is 6.18 Å². The maximum atomic E-state index is 12.4. The fraction of sp³-hybridized carbons (Fsp3) is 0.250. The van der Waals surface area contributed by atoms with Crippen molar-refractivity contribution < 1.29 is 13.2 Å². The van der Waals surface area contributed by atoms with Gasteiger partial charge in [-0.2, -0.15) is 18.3 Å². The molecule has 1 heterocycles. The number of amidine groups is 1. The van der Waals surface area contributed by atoms with Gasteiger partial charge in [0.15, 0.2) is 5.69 Å². The topological polar surface area (TPSA) is 109 Å². The predicted octanol–water partition coefficient (Wildman–Crippen LogP) is 0.173. The predicted molar refractivity (Wildman–Crippen MR) is 59.5 cm³/mol. The lowest BCUT2D eigenvalue weighted by Gasteiger charge is -2.08. The van der Waals surface area contributed by atoms with Crippen LogP contribution in [0.4, 0.5) is 19.1 Å². The molecule has 0 fully saturated rings. The summed E-state index contributed by atoms with van der Waals surface area (Å²) in [6.45, 7) is 2.91. The summed E-state index contributed by atoms with van der Waals surface area (Å²) in [6, 6.07) is 0.355. The molecule has 1 rings (SSSR count). The van der Waals surface area contributed by atoms with Crippen molar-refractivity contribution in [1.82, 2.24) is 9.97 Å². The third kappa shape index (κ3) is 3.88. The zero-order valence-electron chi connectivity index (χ0n) is 8.95. The van der Waals surface area contributed by atoms with Crippen LogP contribution in [-0.2, 0) is 6.18 Å². The molecular weight excluding hydrogens is 253 g/mol. The number of rotatable bonds is 4. The number of halogens is 3. The third-order valence-corrected chi connectivity index (χ3v) is 1.67. The van der Waals surface area contributed by atoms with Crippen LogP contribution < -0.4 is 16.6 Å². The molecule has 7 nitrogen and oxygen atoms in total. The lowest BCUT2D eigenvalue weighted by atomic mass is 10.4. The van der Waals surface area contributed by atoms with E-state index in [0.29, 0.717) is 6.07 Å². The van der Waals surface area contributed by atoms with Crippen LogP contribution in [0, 0.1) is 0 Å². The van der Waals surface area contributed by atoms with Crippen molar-refractivity contribution in [2.24, 2.45) is 15.9 Å². The zero-order valence-corrected chi connectivity index (χ0v) is 8.95. The highest BCUT2D eigenvalue weighted by Crippen LogP contribution is 2.26. The summed E-state index contributed by atoms with van der Waals surface area (Å²) < 4.78 is 37.1. The Morgan fingerprint density at radius 1 is 1.61 bits per heavy atom. The normalized spacial score (nSPS) is 12.3. The molecule has 0 saturated heterocycles. The molecule has 98 valence electrons. The Labute approximate surface area is 98.6 Å². The standard InChI is InChI=1S/C8H9F3N6O/c1-13-17-5(12)3-14-7-15-4(8(9,10)11)2-6(18)16-7/h2H,1,3H2,(H2,12,17)(H2,14,15,16,18). The minimum atomic E-state index is -4.70. The molecule has 1 aromatic heterocycles. The van der Waals surface area contributed by atoms with Crippen molar-refractivity contribution in [1.29, 1.82) is 0 Å². The smallest absolute Gasteiger partial charge is 0.384 e. The van der Waals surface area contributed by atoms with Gasteiger partial charge < -0.3 is 11.1 Å². The molecule has 0 spiro atoms. The second-order valence-electron chi connectivity index (χ2n) is 3.06. The van der Waals surface area contributed by atoms with E-state index in [9.17, 15) is 18.0 Å². The van der Waals surface area contributed by atoms with Crippen molar-refractivity contribution in [3.8, 4) is 0 Å². The summed E-state index contributed by atoms with van der Waals surface area (Å²) in [5.74, 6) is -0.387. The maximum Gasteiger partial charge on any atom is 0.433 e. The summed E-state index contributed by atoms with van der Waals surface area (Å²) >= 11 is 0. The van der Waals surface area contributed by atoms with Crippen molar-refractivity contribution >= 4 is 18.5 Å². The SMILES string of the molecule is C=NN=C(N)CNc1nc(C(F)(F)F)cc(=O)[nH]1. The summed E-state index contributed by atoms with van der Waals surface area (Å²) in [6.07, 6.45) is -4.70. The van der Waals surface area contributed by atoms with Crippen LogP contribution in [0.15, 0.2) is 21.1 Å². The number of aromatic nitrogens is 2. The zero-order chi connectivity index (χ0) is 13.8. The lowest BCUT2D eigenvalue weighted by molar-refractivity contribution is -0.141. The molecule has 10 heteroatoms. The van der Waals surface area contributed by atoms with E-state index < -0.39 is 17.4 Å². The summed E-state index contributed by atoms with van der Waals surface area (Å²) in [5, 5.41) is 8.83. The summed E-state index contributed by atoms with van der Waals surface area (Å²) in [4.78, 5) is 16.3. The average Bonchev–Trinajstić information content (AvgIpc) is 2.25. The van der Waals surface area contributed by atoms with Crippen LogP contribution in [0.1, 0.15) is 5.69 Å². The van der Waals surface area contributed by atoms with Gasteiger partial charge in [0.05, 0.1) is 6.54 Å². The van der Waals surface area contributed by atoms with Crippen LogP contribution in [0.2, 0.25) is 0 Å². The molecule has 0 aromatic carbocycles. The minimum Gasteiger partial charge on any atom is -0.384 e. The van der Waals surface area contributed by atoms with Crippen LogP contribution >= 0.6 is 0 Å². The van der Waals surface area contributed by atoms with E-state index in [0.717, 1.165) is 0 Å². The number of aromatic amines is 1. The Kier molecular flexibility index (Phi) is 4.02. The molecule has 4 N–H and O–H groups in total. The van der Waals surface area contributed by atoms with E-state index in [2.05, 4.69) is 32.2 Å². The molecule has 0 radical (unpaired) electrons. The van der Waals surface area contributed by atoms with Crippen LogP contribution in [0.5, 0.6) is 0 Å². The average molecular weight is 262 g/mol. The molecule has 1 aromatic rings. The number of hydrogen-bond donors (Lipinski definition) is 3. The first-order chi connectivity index (χ1) is 8.32. The van der Waals surface area contributed by atoms with Gasteiger partial charge in [0.2, 0.25) is 5.95 Å². The van der Waals surface area contributed by atoms with E-state index >= 15 is 0 Å². The second kappa shape index (κ2) is 5.29. The molecule has 0 atom stereocenters. The fourth-order valence-corrected chi connectivity index (χ4v) is 0.987. The first kappa shape index (κ1) is 13.7. The summed E-state index contributed by atoms with van der Waals surface area (Å²) in [5.41, 5.74) is 3.07. The molecule has 0 aliphatic heterocycles. The monoisotopic (exact) mass is 262 g/mol. The number of alkyl halides is 3. The van der Waals surface area contributed by atoms with Gasteiger partial charge in [-0.15, -0.1) is 5.10 Å². The van der Waals surface area contributed by atoms with Crippen LogP contribution in [0.3, 0.4) is 0 Å². The fourth-order valence-electron chi connectivity index (χ4n) is 0.987. The minimum absolute atomic E-state index is 0.0231. The van der Waals surface area contributed by atoms with Crippen molar-refractivity contribution in [3.63, 3.8) is 0 Å². The Morgan fingerprint density at radius 2 is 2.28 bits per heavy atom. The Balaban J connectivity index is 2.91. The van der Waals surface area contributed by atoms with Gasteiger partial charge in [-0.1, -0.05) is 0 Å². The van der Waals surface area contributed by atoms with Gasteiger partial charge in [0.25, 0.3) is 5.56 Å². The Morgan fingerprint density at radius 3 is 2.83 bits per heavy atom. The highest BCUT2D eigenvalue weighted by molar-refractivity contribution is 5.84. The molecule has 0 saturated carbocycles. The highest BCUT2D eigenvalue weighted by atomic mass is 19.4. The molecule has 0 aliphatic carbocycles. The number of anilines is 1. The number of nitrogens with two attached hydrogens (primary N) is 1. The maximum absolute atomic E-state index is 12.4. The van der Waals surface area contributed by atoms with E-state index in [1.807, 2.05) is 0 Å². The highest BCUT2D eigenvalue weighted by Gasteiger charge is 2.33. The quantitative estimate of drug-likeness (QED) is 0.408. The molecule has 0 bridgehead atoms. The second-order valence-corrected chi connectivity index (χ2v) is 3.06. The Bertz CT molecular complexity index is 520. The van der Waals surface area contributed by atoms with Crippen LogP contribution in [0.25, 0.3) is 0 Å². The molecule has 0 amide bonds. The van der Waals surface area contributed by atoms with Crippen molar-refractivity contribution in [3.05, 3.63) is 22.1 Å². The number of hydrogen-bond acceptors (Lipinski definition) is 5. The first-order valence-corrected chi connectivity index (χ1v) is 4.53. The number of nitrogens with zero attached hydrogens (tertiary/aromatic N) is 3. The Hall–Kier alpha value is -2.39. The number of nitrogens with one attached hydrogen (secondary N) is 2. The van der Waals surface area contributed by atoms with Gasteiger partial charge in [-0.3, -0.25) is 9.78 Å². The van der Waals surface area contributed by atoms with Gasteiger partial charge in [-0.05, 0) is 0 Å². The van der Waals surface area contributed by atoms with Crippen molar-refractivity contribution in [2.75, 3.05) is 11.9 Å². The van der Waals surface area contributed by atoms with E-state index in [1.165, 1.54) is 0 Å². The lowest BCUT2D eigenvalue weighted by Crippen LogP contribution is -2.25. The number of H-pyrrole nitrogens is 1. The van der Waals surface area contributed by atoms with Crippen LogP contribution in [-0.4, -0.2) is 29.1 Å². The molecular formula is C8H9F3N6O. The van der Waals surface area contributed by atoms with Gasteiger partial charge >= 0.3 is 6.18 Å². The van der Waals surface area contributed by atoms with Gasteiger partial charge in [0, 0.05) is 12.8 Å². The third-order valence-electron chi connectivity index (χ3n) is 1.67. The van der Waals surface area contributed by atoms with E-state index in [1.54, 1.807) is 0 Å². The van der Waals surface area contributed by atoms with Gasteiger partial charge in [0.1, 0.15) is 5.84 Å². The van der Waals surface area contributed by atoms with E-state index in [-0.39, 0.29) is 18.3 Å². The molecule has 0 unspecified atom stereocenters. The molecule has 0 aliphatic rings. The largest absolute Gasteiger partial charge is 0.433 e. The van der Waals surface area contributed by atoms with Gasteiger partial charge in [-0.25, -0.2) is 4.98 Å². The van der Waals surface area contributed by atoms with E-state index in [4.69, 9.17) is 5.73 Å².